The van der Waals surface area contributed by atoms with E-state index in [0.29, 0.717) is 10.6 Å². The van der Waals surface area contributed by atoms with Crippen LogP contribution in [0.25, 0.3) is 21.9 Å². The molecule has 0 bridgehead atoms. The first kappa shape index (κ1) is 17.5. The van der Waals surface area contributed by atoms with Gasteiger partial charge in [-0.1, -0.05) is 11.6 Å². The summed E-state index contributed by atoms with van der Waals surface area (Å²) in [7, 11) is 2.13. The van der Waals surface area contributed by atoms with Gasteiger partial charge in [-0.3, -0.25) is 9.36 Å². The summed E-state index contributed by atoms with van der Waals surface area (Å²) in [5.41, 5.74) is 5.97. The van der Waals surface area contributed by atoms with Gasteiger partial charge < -0.3 is 9.32 Å². The lowest BCUT2D eigenvalue weighted by molar-refractivity contribution is 0.0960. The quantitative estimate of drug-likeness (QED) is 0.439. The Kier molecular flexibility index (Phi) is 3.90. The molecule has 4 nitrogen and oxygen atoms in total. The number of furan rings is 1. The second kappa shape index (κ2) is 6.23. The molecular weight excluding hydrogens is 372 g/mol. The monoisotopic (exact) mass is 392 g/mol. The highest BCUT2D eigenvalue weighted by Crippen LogP contribution is 2.39. The third kappa shape index (κ3) is 2.45. The van der Waals surface area contributed by atoms with Crippen molar-refractivity contribution in [3.05, 3.63) is 69.6 Å². The first-order valence-electron chi connectivity index (χ1n) is 9.49. The van der Waals surface area contributed by atoms with Gasteiger partial charge in [0.1, 0.15) is 11.3 Å². The molecule has 0 saturated heterocycles. The predicted molar refractivity (Wildman–Crippen MR) is 112 cm³/mol. The van der Waals surface area contributed by atoms with Crippen LogP contribution in [0.15, 0.2) is 40.8 Å². The van der Waals surface area contributed by atoms with Crippen molar-refractivity contribution in [2.75, 3.05) is 13.6 Å². The summed E-state index contributed by atoms with van der Waals surface area (Å²) < 4.78 is 7.87. The lowest BCUT2D eigenvalue weighted by Gasteiger charge is -2.24. The molecule has 0 saturated carbocycles. The molecule has 142 valence electrons. The molecule has 0 N–H and O–H groups in total. The van der Waals surface area contributed by atoms with E-state index in [0.717, 1.165) is 58.4 Å². The molecule has 1 aliphatic heterocycles. The first-order chi connectivity index (χ1) is 13.5. The van der Waals surface area contributed by atoms with Gasteiger partial charge in [0, 0.05) is 46.6 Å². The van der Waals surface area contributed by atoms with Crippen molar-refractivity contribution in [2.45, 2.75) is 26.8 Å². The Balaban J connectivity index is 1.86. The number of carbonyl (C=O) groups excluding carboxylic acids is 1. The Morgan fingerprint density at radius 2 is 1.82 bits per heavy atom. The van der Waals surface area contributed by atoms with Gasteiger partial charge in [-0.05, 0) is 68.4 Å². The molecule has 2 aromatic carbocycles. The zero-order valence-electron chi connectivity index (χ0n) is 16.2. The number of rotatable bonds is 1. The van der Waals surface area contributed by atoms with Gasteiger partial charge in [-0.15, -0.1) is 0 Å². The van der Waals surface area contributed by atoms with Gasteiger partial charge in [0.2, 0.25) is 0 Å². The van der Waals surface area contributed by atoms with Crippen molar-refractivity contribution in [3.8, 4) is 0 Å². The number of hydrogen-bond acceptors (Lipinski definition) is 3. The van der Waals surface area contributed by atoms with Crippen molar-refractivity contribution in [3.63, 3.8) is 0 Å². The molecule has 1 aliphatic rings. The van der Waals surface area contributed by atoms with Crippen LogP contribution in [0.5, 0.6) is 0 Å². The van der Waals surface area contributed by atoms with E-state index in [1.54, 1.807) is 24.3 Å². The molecule has 3 heterocycles. The molecule has 0 amide bonds. The normalized spacial score (nSPS) is 14.7. The Labute approximate surface area is 168 Å². The first-order valence-corrected chi connectivity index (χ1v) is 9.87. The Morgan fingerprint density at radius 1 is 1.07 bits per heavy atom. The van der Waals surface area contributed by atoms with E-state index in [1.807, 2.05) is 23.6 Å². The molecule has 0 aliphatic carbocycles. The highest BCUT2D eigenvalue weighted by atomic mass is 35.5. The van der Waals surface area contributed by atoms with E-state index >= 15 is 0 Å². The fourth-order valence-corrected chi connectivity index (χ4v) is 4.52. The number of aryl methyl sites for hydroxylation is 2. The summed E-state index contributed by atoms with van der Waals surface area (Å²) in [5, 5.41) is 2.91. The minimum Gasteiger partial charge on any atom is -0.461 e. The SMILES string of the molecule is Cc1oc2ccc3c(c4c(n3C(=O)c3ccc(Cl)cc3)CCN(C)C4)c2c1C. The van der Waals surface area contributed by atoms with E-state index in [2.05, 4.69) is 18.9 Å². The molecule has 0 fully saturated rings. The fourth-order valence-electron chi connectivity index (χ4n) is 4.40. The number of hydrogen-bond donors (Lipinski definition) is 0. The van der Waals surface area contributed by atoms with Crippen LogP contribution in [-0.4, -0.2) is 29.0 Å². The average molecular weight is 393 g/mol. The number of benzene rings is 2. The van der Waals surface area contributed by atoms with Crippen LogP contribution in [0.2, 0.25) is 5.02 Å². The summed E-state index contributed by atoms with van der Waals surface area (Å²) in [6, 6.07) is 11.1. The van der Waals surface area contributed by atoms with Gasteiger partial charge in [0.25, 0.3) is 5.91 Å². The maximum atomic E-state index is 13.5. The molecule has 4 aromatic rings. The van der Waals surface area contributed by atoms with Crippen molar-refractivity contribution in [1.29, 1.82) is 0 Å². The summed E-state index contributed by atoms with van der Waals surface area (Å²) in [6.45, 7) is 5.85. The van der Waals surface area contributed by atoms with E-state index in [-0.39, 0.29) is 5.91 Å². The van der Waals surface area contributed by atoms with E-state index in [4.69, 9.17) is 16.0 Å². The van der Waals surface area contributed by atoms with E-state index in [1.165, 1.54) is 5.56 Å². The minimum atomic E-state index is -0.00955. The van der Waals surface area contributed by atoms with Crippen LogP contribution < -0.4 is 0 Å². The second-order valence-electron chi connectivity index (χ2n) is 7.68. The maximum absolute atomic E-state index is 13.5. The van der Waals surface area contributed by atoms with Gasteiger partial charge >= 0.3 is 0 Å². The number of halogens is 1. The molecule has 5 rings (SSSR count). The van der Waals surface area contributed by atoms with E-state index < -0.39 is 0 Å². The molecule has 0 spiro atoms. The molecule has 2 aromatic heterocycles. The summed E-state index contributed by atoms with van der Waals surface area (Å²) in [4.78, 5) is 15.8. The van der Waals surface area contributed by atoms with Crippen LogP contribution in [0.3, 0.4) is 0 Å². The van der Waals surface area contributed by atoms with Gasteiger partial charge in [0.15, 0.2) is 0 Å². The number of fused-ring (bicyclic) bond motifs is 5. The second-order valence-corrected chi connectivity index (χ2v) is 8.11. The van der Waals surface area contributed by atoms with Crippen molar-refractivity contribution >= 4 is 39.4 Å². The summed E-state index contributed by atoms with van der Waals surface area (Å²) >= 11 is 6.02. The molecular formula is C23H21ClN2O2. The standard InChI is InChI=1S/C23H21ClN2O2/c1-13-14(2)28-20-9-8-19-22(21(13)20)17-12-25(3)11-10-18(17)26(19)23(27)15-4-6-16(24)7-5-15/h4-9H,10-12H2,1-3H3. The van der Waals surface area contributed by atoms with Crippen LogP contribution in [-0.2, 0) is 13.0 Å². The Hall–Kier alpha value is -2.56. The third-order valence-corrected chi connectivity index (χ3v) is 6.18. The molecule has 0 radical (unpaired) electrons. The van der Waals surface area contributed by atoms with Gasteiger partial charge in [-0.25, -0.2) is 0 Å². The molecule has 5 heteroatoms. The molecule has 0 atom stereocenters. The third-order valence-electron chi connectivity index (χ3n) is 5.92. The highest BCUT2D eigenvalue weighted by molar-refractivity contribution is 6.30. The topological polar surface area (TPSA) is 38.4 Å². The lowest BCUT2D eigenvalue weighted by Crippen LogP contribution is -2.28. The molecule has 0 unspecified atom stereocenters. The summed E-state index contributed by atoms with van der Waals surface area (Å²) in [6.07, 6.45) is 0.844. The Bertz CT molecular complexity index is 1250. The maximum Gasteiger partial charge on any atom is 0.262 e. The van der Waals surface area contributed by atoms with Crippen LogP contribution >= 0.6 is 11.6 Å². The highest BCUT2D eigenvalue weighted by Gasteiger charge is 2.28. The zero-order chi connectivity index (χ0) is 19.6. The fraction of sp³-hybridized carbons (Fsp3) is 0.261. The zero-order valence-corrected chi connectivity index (χ0v) is 16.9. The van der Waals surface area contributed by atoms with Crippen LogP contribution in [0, 0.1) is 13.8 Å². The Morgan fingerprint density at radius 3 is 2.57 bits per heavy atom. The average Bonchev–Trinajstić information content (AvgIpc) is 3.15. The van der Waals surface area contributed by atoms with Crippen LogP contribution in [0.1, 0.15) is 32.9 Å². The smallest absolute Gasteiger partial charge is 0.262 e. The summed E-state index contributed by atoms with van der Waals surface area (Å²) in [5.74, 6) is 0.918. The number of nitrogens with zero attached hydrogens (tertiary/aromatic N) is 2. The number of likely N-dealkylation sites (N-methyl/N-ethyl adjacent to an activating group) is 1. The van der Waals surface area contributed by atoms with Crippen molar-refractivity contribution in [1.82, 2.24) is 9.47 Å². The van der Waals surface area contributed by atoms with E-state index in [9.17, 15) is 4.79 Å². The van der Waals surface area contributed by atoms with Gasteiger partial charge in [0.05, 0.1) is 5.52 Å². The largest absolute Gasteiger partial charge is 0.461 e. The minimum absolute atomic E-state index is 0.00955. The lowest BCUT2D eigenvalue weighted by atomic mass is 10.0. The predicted octanol–water partition coefficient (Wildman–Crippen LogP) is 5.33. The molecule has 28 heavy (non-hydrogen) atoms. The van der Waals surface area contributed by atoms with Crippen molar-refractivity contribution < 1.29 is 9.21 Å². The number of aromatic nitrogens is 1. The van der Waals surface area contributed by atoms with Crippen molar-refractivity contribution in [2.24, 2.45) is 0 Å². The van der Waals surface area contributed by atoms with Crippen LogP contribution in [0.4, 0.5) is 0 Å². The van der Waals surface area contributed by atoms with Gasteiger partial charge in [-0.2, -0.15) is 0 Å². The number of carbonyl (C=O) groups is 1.